The maximum absolute atomic E-state index is 12.7. The van der Waals surface area contributed by atoms with Gasteiger partial charge < -0.3 is 19.4 Å². The molecule has 0 saturated heterocycles. The van der Waals surface area contributed by atoms with E-state index in [2.05, 4.69) is 9.17 Å². The van der Waals surface area contributed by atoms with Crippen LogP contribution < -0.4 is 14.7 Å². The molecule has 2 N–H and O–H groups in total. The molecule has 0 aliphatic rings. The van der Waals surface area contributed by atoms with Gasteiger partial charge in [0.25, 0.3) is 0 Å². The van der Waals surface area contributed by atoms with E-state index in [4.69, 9.17) is 15.2 Å². The summed E-state index contributed by atoms with van der Waals surface area (Å²) in [7, 11) is -4.50. The summed E-state index contributed by atoms with van der Waals surface area (Å²) in [6.45, 7) is -0.220. The van der Waals surface area contributed by atoms with Crippen molar-refractivity contribution in [1.29, 1.82) is 5.26 Å². The zero-order valence-electron chi connectivity index (χ0n) is 16.4. The van der Waals surface area contributed by atoms with Crippen molar-refractivity contribution in [3.05, 3.63) is 47.0 Å². The van der Waals surface area contributed by atoms with E-state index < -0.39 is 27.4 Å². The minimum atomic E-state index is -6.00. The molecule has 0 aliphatic heterocycles. The van der Waals surface area contributed by atoms with Crippen molar-refractivity contribution in [3.63, 3.8) is 0 Å². The molecular formula is C18H16F3N3O6S2. The highest BCUT2D eigenvalue weighted by atomic mass is 32.2. The van der Waals surface area contributed by atoms with E-state index >= 15 is 0 Å². The molecule has 32 heavy (non-hydrogen) atoms. The van der Waals surface area contributed by atoms with Crippen LogP contribution in [0.2, 0.25) is 0 Å². The van der Waals surface area contributed by atoms with E-state index in [0.29, 0.717) is 17.5 Å². The van der Waals surface area contributed by atoms with Crippen molar-refractivity contribution >= 4 is 27.8 Å². The molecule has 9 nitrogen and oxygen atoms in total. The summed E-state index contributed by atoms with van der Waals surface area (Å²) in [4.78, 5) is 14.7. The number of methoxy groups -OCH3 is 1. The lowest BCUT2D eigenvalue weighted by Crippen LogP contribution is -2.28. The maximum Gasteiger partial charge on any atom is 0.534 e. The normalized spacial score (nSPS) is 11.6. The van der Waals surface area contributed by atoms with Crippen LogP contribution in [0, 0.1) is 11.3 Å². The van der Waals surface area contributed by atoms with E-state index in [9.17, 15) is 31.6 Å². The second-order valence-corrected chi connectivity index (χ2v) is 8.49. The molecule has 1 amide bonds. The van der Waals surface area contributed by atoms with Gasteiger partial charge in [-0.2, -0.15) is 26.9 Å². The summed E-state index contributed by atoms with van der Waals surface area (Å²) in [6.07, 6.45) is 0. The van der Waals surface area contributed by atoms with E-state index in [1.54, 1.807) is 24.3 Å². The Kier molecular flexibility index (Phi) is 8.31. The van der Waals surface area contributed by atoms with Crippen LogP contribution in [0.3, 0.4) is 0 Å². The number of carbonyl (C=O) groups excluding carboxylic acids is 1. The van der Waals surface area contributed by atoms with Gasteiger partial charge in [-0.05, 0) is 17.7 Å². The van der Waals surface area contributed by atoms with Gasteiger partial charge in [-0.3, -0.25) is 4.79 Å². The first-order valence-electron chi connectivity index (χ1n) is 8.53. The quantitative estimate of drug-likeness (QED) is 0.301. The van der Waals surface area contributed by atoms with Gasteiger partial charge >= 0.3 is 15.6 Å². The number of pyridine rings is 1. The number of rotatable bonds is 10. The van der Waals surface area contributed by atoms with Crippen molar-refractivity contribution in [2.75, 3.05) is 12.9 Å². The fraction of sp³-hybridized carbons (Fsp3) is 0.278. The molecular weight excluding hydrogens is 475 g/mol. The minimum Gasteiger partial charge on any atom is -0.497 e. The summed E-state index contributed by atoms with van der Waals surface area (Å²) in [5, 5.41) is 9.23. The Hall–Kier alpha value is -3.02. The van der Waals surface area contributed by atoms with Crippen LogP contribution in [0.4, 0.5) is 13.2 Å². The van der Waals surface area contributed by atoms with Crippen molar-refractivity contribution < 1.29 is 40.0 Å². The second kappa shape index (κ2) is 10.5. The fourth-order valence-electron chi connectivity index (χ4n) is 2.23. The minimum absolute atomic E-state index is 0.00959. The highest BCUT2D eigenvalue weighted by molar-refractivity contribution is 8.00. The Bertz CT molecular complexity index is 1120. The number of aromatic nitrogens is 1. The molecule has 0 atom stereocenters. The molecule has 0 radical (unpaired) electrons. The van der Waals surface area contributed by atoms with Gasteiger partial charge in [0, 0.05) is 11.6 Å². The average Bonchev–Trinajstić information content (AvgIpc) is 2.71. The molecule has 2 rings (SSSR count). The number of ether oxygens (including phenoxy) is 2. The number of benzene rings is 1. The Morgan fingerprint density at radius 3 is 2.44 bits per heavy atom. The number of alkyl halides is 3. The summed E-state index contributed by atoms with van der Waals surface area (Å²) in [5.41, 5.74) is -0.0131. The summed E-state index contributed by atoms with van der Waals surface area (Å²) in [6, 6.07) is 9.48. The molecule has 1 aromatic heterocycles. The summed E-state index contributed by atoms with van der Waals surface area (Å²) >= 11 is 0.642. The zero-order valence-corrected chi connectivity index (χ0v) is 18.0. The predicted octanol–water partition coefficient (Wildman–Crippen LogP) is 2.48. The lowest BCUT2D eigenvalue weighted by molar-refractivity contribution is -0.115. The van der Waals surface area contributed by atoms with Crippen molar-refractivity contribution in [2.24, 2.45) is 5.73 Å². The van der Waals surface area contributed by atoms with Gasteiger partial charge in [0.2, 0.25) is 11.8 Å². The second-order valence-electron chi connectivity index (χ2n) is 5.99. The number of halogens is 3. The number of nitriles is 1. The average molecular weight is 491 g/mol. The van der Waals surface area contributed by atoms with Crippen molar-refractivity contribution in [2.45, 2.75) is 23.7 Å². The van der Waals surface area contributed by atoms with E-state index in [-0.39, 0.29) is 35.1 Å². The zero-order chi connectivity index (χ0) is 23.9. The summed E-state index contributed by atoms with van der Waals surface area (Å²) < 4.78 is 75.3. The van der Waals surface area contributed by atoms with Crippen molar-refractivity contribution in [3.8, 4) is 17.7 Å². The molecule has 2 aromatic rings. The number of hydrogen-bond donors (Lipinski definition) is 1. The van der Waals surface area contributed by atoms with Gasteiger partial charge in [-0.1, -0.05) is 23.9 Å². The topological polar surface area (TPSA) is 142 Å². The highest BCUT2D eigenvalue weighted by Gasteiger charge is 2.49. The number of thioether (sulfide) groups is 1. The van der Waals surface area contributed by atoms with Crippen LogP contribution in [0.25, 0.3) is 0 Å². The number of amides is 1. The molecule has 0 aliphatic carbocycles. The Labute approximate surface area is 185 Å². The predicted molar refractivity (Wildman–Crippen MR) is 106 cm³/mol. The first kappa shape index (κ1) is 25.2. The van der Waals surface area contributed by atoms with Crippen LogP contribution in [0.15, 0.2) is 35.4 Å². The maximum atomic E-state index is 12.7. The monoisotopic (exact) mass is 491 g/mol. The molecule has 1 heterocycles. The number of nitrogens with two attached hydrogens (primary N) is 1. The Morgan fingerprint density at radius 1 is 1.25 bits per heavy atom. The summed E-state index contributed by atoms with van der Waals surface area (Å²) in [5.74, 6) is -1.45. The van der Waals surface area contributed by atoms with Crippen LogP contribution >= 0.6 is 11.8 Å². The molecule has 14 heteroatoms. The van der Waals surface area contributed by atoms with Gasteiger partial charge in [0.15, 0.2) is 0 Å². The van der Waals surface area contributed by atoms with Gasteiger partial charge in [-0.25, -0.2) is 4.98 Å². The highest BCUT2D eigenvalue weighted by Crippen LogP contribution is 2.31. The molecule has 0 spiro atoms. The lowest BCUT2D eigenvalue weighted by Gasteiger charge is -2.13. The van der Waals surface area contributed by atoms with E-state index in [1.807, 2.05) is 6.07 Å². The van der Waals surface area contributed by atoms with Crippen LogP contribution in [-0.4, -0.2) is 37.7 Å². The number of hydrogen-bond acceptors (Lipinski definition) is 9. The molecule has 0 saturated carbocycles. The van der Waals surface area contributed by atoms with Crippen LogP contribution in [0.5, 0.6) is 11.6 Å². The van der Waals surface area contributed by atoms with E-state index in [1.165, 1.54) is 7.11 Å². The standard InChI is InChI=1S/C18H16F3N3O6S2/c1-28-13-4-2-11(3-5-13)8-29-9-12-6-16(30-32(26,27)18(19,20)21)24-17(14(12)7-22)31-10-15(23)25/h2-6H,8-10H2,1H3,(H2,23,25). The third-order valence-electron chi connectivity index (χ3n) is 3.67. The van der Waals surface area contributed by atoms with Crippen LogP contribution in [0.1, 0.15) is 16.7 Å². The number of nitrogens with zero attached hydrogens (tertiary/aromatic N) is 2. The fourth-order valence-corrected chi connectivity index (χ4v) is 3.39. The Balaban J connectivity index is 2.31. The number of primary amides is 1. The van der Waals surface area contributed by atoms with Gasteiger partial charge in [0.05, 0.1) is 31.6 Å². The van der Waals surface area contributed by atoms with Crippen LogP contribution in [-0.2, 0) is 32.9 Å². The van der Waals surface area contributed by atoms with Gasteiger partial charge in [-0.15, -0.1) is 0 Å². The molecule has 0 bridgehead atoms. The van der Waals surface area contributed by atoms with E-state index in [0.717, 1.165) is 11.6 Å². The lowest BCUT2D eigenvalue weighted by atomic mass is 10.1. The first-order valence-corrected chi connectivity index (χ1v) is 10.9. The van der Waals surface area contributed by atoms with Gasteiger partial charge in [0.1, 0.15) is 16.8 Å². The molecule has 1 aromatic carbocycles. The Morgan fingerprint density at radius 2 is 1.91 bits per heavy atom. The molecule has 0 unspecified atom stereocenters. The molecule has 0 fully saturated rings. The van der Waals surface area contributed by atoms with Crippen molar-refractivity contribution in [1.82, 2.24) is 4.98 Å². The third kappa shape index (κ3) is 6.74. The SMILES string of the molecule is COc1ccc(COCc2cc(OS(=O)(=O)C(F)(F)F)nc(SCC(N)=O)c2C#N)cc1. The largest absolute Gasteiger partial charge is 0.534 e. The first-order chi connectivity index (χ1) is 15.0. The molecule has 172 valence electrons. The smallest absolute Gasteiger partial charge is 0.497 e. The number of carbonyl (C=O) groups is 1. The third-order valence-corrected chi connectivity index (χ3v) is 5.63.